The fourth-order valence-electron chi connectivity index (χ4n) is 3.80. The van der Waals surface area contributed by atoms with E-state index in [1.807, 2.05) is 6.07 Å². The summed E-state index contributed by atoms with van der Waals surface area (Å²) in [5.41, 5.74) is 0.780. The molecule has 1 amide bonds. The second-order valence-corrected chi connectivity index (χ2v) is 7.80. The van der Waals surface area contributed by atoms with Crippen molar-refractivity contribution in [3.63, 3.8) is 0 Å². The molecule has 1 aliphatic rings. The van der Waals surface area contributed by atoms with Crippen molar-refractivity contribution in [1.82, 2.24) is 9.55 Å². The van der Waals surface area contributed by atoms with E-state index in [1.165, 1.54) is 16.7 Å². The molecule has 1 unspecified atom stereocenters. The minimum absolute atomic E-state index is 0.0181. The van der Waals surface area contributed by atoms with E-state index < -0.39 is 29.0 Å². The minimum Gasteiger partial charge on any atom is -0.478 e. The number of para-hydroxylation sites is 1. The van der Waals surface area contributed by atoms with Crippen molar-refractivity contribution in [2.75, 3.05) is 5.32 Å². The van der Waals surface area contributed by atoms with Crippen molar-refractivity contribution < 1.29 is 14.7 Å². The van der Waals surface area contributed by atoms with E-state index >= 15 is 0 Å². The van der Waals surface area contributed by atoms with Crippen LogP contribution in [0.5, 0.6) is 0 Å². The molecule has 2 aromatic carbocycles. The van der Waals surface area contributed by atoms with Crippen molar-refractivity contribution in [3.05, 3.63) is 72.7 Å². The lowest BCUT2D eigenvalue weighted by molar-refractivity contribution is -0.117. The Balaban J connectivity index is 1.70. The lowest BCUT2D eigenvalue weighted by Gasteiger charge is -2.27. The van der Waals surface area contributed by atoms with Crippen LogP contribution in [0.2, 0.25) is 0 Å². The van der Waals surface area contributed by atoms with Crippen LogP contribution in [0, 0.1) is 0 Å². The molecule has 148 valence electrons. The number of aryl methyl sites for hydroxylation is 1. The predicted molar refractivity (Wildman–Crippen MR) is 111 cm³/mol. The summed E-state index contributed by atoms with van der Waals surface area (Å²) >= 11 is 3.41. The SMILES string of the molecule is O=C(CC1CCc2cc(Br)cc3[nH]c(=O)c(=O)n1c23)Nc1ccccc1C(=O)O. The van der Waals surface area contributed by atoms with Gasteiger partial charge in [0.25, 0.3) is 0 Å². The maximum Gasteiger partial charge on any atom is 0.337 e. The predicted octanol–water partition coefficient (Wildman–Crippen LogP) is 2.67. The number of rotatable bonds is 4. The maximum atomic E-state index is 12.6. The van der Waals surface area contributed by atoms with Crippen LogP contribution in [0.15, 0.2) is 50.5 Å². The molecule has 0 bridgehead atoms. The largest absolute Gasteiger partial charge is 0.478 e. The first-order valence-electron chi connectivity index (χ1n) is 8.94. The molecule has 0 fully saturated rings. The Labute approximate surface area is 172 Å². The van der Waals surface area contributed by atoms with E-state index in [0.29, 0.717) is 23.9 Å². The quantitative estimate of drug-likeness (QED) is 0.519. The van der Waals surface area contributed by atoms with Crippen molar-refractivity contribution in [2.24, 2.45) is 0 Å². The minimum atomic E-state index is -1.15. The Morgan fingerprint density at radius 3 is 2.76 bits per heavy atom. The summed E-state index contributed by atoms with van der Waals surface area (Å²) in [6.45, 7) is 0. The zero-order valence-electron chi connectivity index (χ0n) is 15.1. The van der Waals surface area contributed by atoms with Gasteiger partial charge in [0.05, 0.1) is 22.3 Å². The molecule has 0 saturated heterocycles. The zero-order valence-corrected chi connectivity index (χ0v) is 16.7. The van der Waals surface area contributed by atoms with Gasteiger partial charge in [-0.3, -0.25) is 19.0 Å². The van der Waals surface area contributed by atoms with E-state index in [0.717, 1.165) is 10.0 Å². The monoisotopic (exact) mass is 457 g/mol. The number of carbonyl (C=O) groups is 2. The normalized spacial score (nSPS) is 15.3. The molecule has 0 saturated carbocycles. The van der Waals surface area contributed by atoms with E-state index in [2.05, 4.69) is 26.2 Å². The first-order chi connectivity index (χ1) is 13.8. The van der Waals surface area contributed by atoms with E-state index in [1.54, 1.807) is 18.2 Å². The fraction of sp³-hybridized carbons (Fsp3) is 0.200. The Bertz CT molecular complexity index is 1280. The summed E-state index contributed by atoms with van der Waals surface area (Å²) < 4.78 is 2.18. The molecular weight excluding hydrogens is 442 g/mol. The van der Waals surface area contributed by atoms with Gasteiger partial charge in [-0.2, -0.15) is 0 Å². The molecule has 1 aliphatic heterocycles. The van der Waals surface area contributed by atoms with Gasteiger partial charge in [0, 0.05) is 16.9 Å². The molecule has 29 heavy (non-hydrogen) atoms. The van der Waals surface area contributed by atoms with Crippen LogP contribution in [0.1, 0.15) is 34.8 Å². The summed E-state index contributed by atoms with van der Waals surface area (Å²) in [6.07, 6.45) is 1.10. The van der Waals surface area contributed by atoms with E-state index in [-0.39, 0.29) is 17.7 Å². The van der Waals surface area contributed by atoms with Crippen molar-refractivity contribution in [1.29, 1.82) is 0 Å². The number of hydrogen-bond donors (Lipinski definition) is 3. The second kappa shape index (κ2) is 7.32. The van der Waals surface area contributed by atoms with Gasteiger partial charge < -0.3 is 15.4 Å². The Morgan fingerprint density at radius 2 is 2.00 bits per heavy atom. The molecule has 8 nitrogen and oxygen atoms in total. The molecule has 9 heteroatoms. The maximum absolute atomic E-state index is 12.6. The average Bonchev–Trinajstić information content (AvgIpc) is 2.66. The lowest BCUT2D eigenvalue weighted by Crippen LogP contribution is -2.41. The molecular formula is C20H16BrN3O5. The van der Waals surface area contributed by atoms with Crippen LogP contribution >= 0.6 is 15.9 Å². The molecule has 3 aromatic rings. The number of halogens is 1. The molecule has 0 radical (unpaired) electrons. The second-order valence-electron chi connectivity index (χ2n) is 6.89. The van der Waals surface area contributed by atoms with Crippen LogP contribution in [0.25, 0.3) is 11.0 Å². The third kappa shape index (κ3) is 3.49. The molecule has 2 heterocycles. The van der Waals surface area contributed by atoms with Gasteiger partial charge in [-0.15, -0.1) is 0 Å². The van der Waals surface area contributed by atoms with Crippen molar-refractivity contribution in [2.45, 2.75) is 25.3 Å². The number of carbonyl (C=O) groups excluding carboxylic acids is 1. The number of hydrogen-bond acceptors (Lipinski definition) is 4. The van der Waals surface area contributed by atoms with Gasteiger partial charge in [0.15, 0.2) is 0 Å². The number of aromatic nitrogens is 2. The molecule has 1 aromatic heterocycles. The number of aromatic carboxylic acids is 1. The average molecular weight is 458 g/mol. The zero-order chi connectivity index (χ0) is 20.7. The van der Waals surface area contributed by atoms with Crippen molar-refractivity contribution >= 4 is 44.5 Å². The molecule has 3 N–H and O–H groups in total. The van der Waals surface area contributed by atoms with E-state index in [4.69, 9.17) is 0 Å². The number of carboxylic acid groups (broad SMARTS) is 1. The van der Waals surface area contributed by atoms with E-state index in [9.17, 15) is 24.3 Å². The number of H-pyrrole nitrogens is 1. The highest BCUT2D eigenvalue weighted by Gasteiger charge is 2.27. The van der Waals surface area contributed by atoms with Gasteiger partial charge in [0.1, 0.15) is 0 Å². The number of benzene rings is 2. The van der Waals surface area contributed by atoms with Gasteiger partial charge in [-0.25, -0.2) is 4.79 Å². The smallest absolute Gasteiger partial charge is 0.337 e. The first kappa shape index (κ1) is 19.1. The fourth-order valence-corrected chi connectivity index (χ4v) is 4.30. The highest BCUT2D eigenvalue weighted by molar-refractivity contribution is 9.10. The van der Waals surface area contributed by atoms with Crippen LogP contribution in [-0.4, -0.2) is 26.5 Å². The summed E-state index contributed by atoms with van der Waals surface area (Å²) in [5.74, 6) is -1.57. The van der Waals surface area contributed by atoms with Gasteiger partial charge in [0.2, 0.25) is 5.91 Å². The third-order valence-electron chi connectivity index (χ3n) is 5.02. The lowest BCUT2D eigenvalue weighted by atomic mass is 9.96. The summed E-state index contributed by atoms with van der Waals surface area (Å²) in [4.78, 5) is 51.3. The van der Waals surface area contributed by atoms with Gasteiger partial charge in [-0.05, 0) is 42.7 Å². The van der Waals surface area contributed by atoms with Crippen LogP contribution < -0.4 is 16.4 Å². The topological polar surface area (TPSA) is 121 Å². The summed E-state index contributed by atoms with van der Waals surface area (Å²) in [5, 5.41) is 11.9. The number of carboxylic acids is 1. The molecule has 0 aliphatic carbocycles. The number of aromatic amines is 1. The van der Waals surface area contributed by atoms with Crippen LogP contribution in [0.4, 0.5) is 5.69 Å². The summed E-state index contributed by atoms with van der Waals surface area (Å²) in [7, 11) is 0. The Kier molecular flexibility index (Phi) is 4.83. The molecule has 0 spiro atoms. The van der Waals surface area contributed by atoms with Crippen LogP contribution in [0.3, 0.4) is 0 Å². The third-order valence-corrected chi connectivity index (χ3v) is 5.48. The Morgan fingerprint density at radius 1 is 1.24 bits per heavy atom. The van der Waals surface area contributed by atoms with Gasteiger partial charge in [-0.1, -0.05) is 28.1 Å². The molecule has 1 atom stereocenters. The van der Waals surface area contributed by atoms with Crippen LogP contribution in [-0.2, 0) is 11.2 Å². The molecule has 4 rings (SSSR count). The standard InChI is InChI=1S/C20H16BrN3O5/c21-11-7-10-5-6-12(24-17(10)15(8-11)23-18(26)19(24)27)9-16(25)22-14-4-2-1-3-13(14)20(28)29/h1-4,7-8,12H,5-6,9H2,(H,22,25)(H,23,26)(H,28,29). The summed E-state index contributed by atoms with van der Waals surface area (Å²) in [6, 6.07) is 9.23. The number of anilines is 1. The number of nitrogens with one attached hydrogen (secondary N) is 2. The highest BCUT2D eigenvalue weighted by atomic mass is 79.9. The Hall–Kier alpha value is -3.20. The first-order valence-corrected chi connectivity index (χ1v) is 9.73. The number of nitrogens with zero attached hydrogens (tertiary/aromatic N) is 1. The highest BCUT2D eigenvalue weighted by Crippen LogP contribution is 2.32. The van der Waals surface area contributed by atoms with Gasteiger partial charge >= 0.3 is 17.1 Å². The number of amides is 1. The van der Waals surface area contributed by atoms with Crippen molar-refractivity contribution in [3.8, 4) is 0 Å².